The topological polar surface area (TPSA) is 39.7 Å². The Labute approximate surface area is 130 Å². The molecule has 5 heteroatoms. The van der Waals surface area contributed by atoms with Gasteiger partial charge in [0.15, 0.2) is 5.96 Å². The molecule has 0 aliphatic carbocycles. The molecule has 0 heterocycles. The smallest absolute Gasteiger partial charge is 0.191 e. The lowest BCUT2D eigenvalue weighted by Crippen LogP contribution is -2.51. The summed E-state index contributed by atoms with van der Waals surface area (Å²) in [6.07, 6.45) is 1.16. The van der Waals surface area contributed by atoms with Crippen LogP contribution < -0.4 is 10.6 Å². The van der Waals surface area contributed by atoms with Gasteiger partial charge in [-0.05, 0) is 40.3 Å². The summed E-state index contributed by atoms with van der Waals surface area (Å²) in [4.78, 5) is 6.43. The van der Waals surface area contributed by atoms with Crippen molar-refractivity contribution in [3.05, 3.63) is 0 Å². The zero-order valence-corrected chi connectivity index (χ0v) is 15.3. The third kappa shape index (κ3) is 8.97. The maximum absolute atomic E-state index is 4.22. The highest BCUT2D eigenvalue weighted by Gasteiger charge is 2.20. The summed E-state index contributed by atoms with van der Waals surface area (Å²) < 4.78 is 0. The minimum atomic E-state index is 0. The second-order valence-corrected chi connectivity index (χ2v) is 5.74. The van der Waals surface area contributed by atoms with E-state index in [0.29, 0.717) is 0 Å². The third-order valence-corrected chi connectivity index (χ3v) is 3.14. The van der Waals surface area contributed by atoms with Crippen LogP contribution in [0.2, 0.25) is 0 Å². The number of nitrogens with one attached hydrogen (secondary N) is 2. The molecule has 2 N–H and O–H groups in total. The van der Waals surface area contributed by atoms with Gasteiger partial charge in [-0.1, -0.05) is 13.8 Å². The fourth-order valence-corrected chi connectivity index (χ4v) is 1.16. The Kier molecular flexibility index (Phi) is 11.1. The van der Waals surface area contributed by atoms with Crippen LogP contribution in [-0.4, -0.2) is 50.6 Å². The third-order valence-electron chi connectivity index (χ3n) is 3.14. The fourth-order valence-electron chi connectivity index (χ4n) is 1.16. The van der Waals surface area contributed by atoms with Gasteiger partial charge in [-0.2, -0.15) is 0 Å². The molecule has 0 aliphatic heterocycles. The number of hydrogen-bond donors (Lipinski definition) is 2. The van der Waals surface area contributed by atoms with Crippen LogP contribution in [0.15, 0.2) is 4.99 Å². The molecule has 0 radical (unpaired) electrons. The summed E-state index contributed by atoms with van der Waals surface area (Å²) in [6.45, 7) is 10.7. The van der Waals surface area contributed by atoms with Crippen molar-refractivity contribution in [2.75, 3.05) is 34.2 Å². The number of rotatable bonds is 6. The summed E-state index contributed by atoms with van der Waals surface area (Å²) in [5, 5.41) is 6.69. The Morgan fingerprint density at radius 3 is 2.17 bits per heavy atom. The monoisotopic (exact) mass is 370 g/mol. The van der Waals surface area contributed by atoms with Gasteiger partial charge >= 0.3 is 0 Å². The summed E-state index contributed by atoms with van der Waals surface area (Å²) in [7, 11) is 6.00. The molecule has 0 atom stereocenters. The zero-order chi connectivity index (χ0) is 13.5. The van der Waals surface area contributed by atoms with E-state index in [-0.39, 0.29) is 29.5 Å². The normalized spacial score (nSPS) is 12.6. The van der Waals surface area contributed by atoms with Gasteiger partial charge in [0, 0.05) is 25.7 Å². The fraction of sp³-hybridized carbons (Fsp3) is 0.923. The van der Waals surface area contributed by atoms with Gasteiger partial charge in [-0.3, -0.25) is 4.99 Å². The van der Waals surface area contributed by atoms with Crippen molar-refractivity contribution < 1.29 is 0 Å². The second-order valence-electron chi connectivity index (χ2n) is 5.74. The molecule has 0 amide bonds. The molecule has 0 aliphatic rings. The van der Waals surface area contributed by atoms with Crippen molar-refractivity contribution in [3.8, 4) is 0 Å². The van der Waals surface area contributed by atoms with E-state index in [9.17, 15) is 0 Å². The van der Waals surface area contributed by atoms with Crippen LogP contribution in [0.3, 0.4) is 0 Å². The highest BCUT2D eigenvalue weighted by atomic mass is 127. The van der Waals surface area contributed by atoms with Crippen LogP contribution in [0, 0.1) is 5.92 Å². The van der Waals surface area contributed by atoms with Crippen molar-refractivity contribution in [2.45, 2.75) is 39.7 Å². The number of likely N-dealkylation sites (N-methyl/N-ethyl adjacent to an activating group) is 1. The van der Waals surface area contributed by atoms with Crippen LogP contribution in [0.25, 0.3) is 0 Å². The standard InChI is InChI=1S/C13H30N4.HI/c1-11(2)8-9-15-12(14-5)16-10-13(3,4)17(6)7;/h11H,8-10H2,1-7H3,(H2,14,15,16);1H. The number of guanidine groups is 1. The lowest BCUT2D eigenvalue weighted by Gasteiger charge is -2.33. The molecular formula is C13H31IN4. The molecule has 4 nitrogen and oxygen atoms in total. The van der Waals surface area contributed by atoms with Crippen molar-refractivity contribution in [1.29, 1.82) is 0 Å². The molecule has 0 rings (SSSR count). The first-order valence-corrected chi connectivity index (χ1v) is 6.41. The van der Waals surface area contributed by atoms with Crippen LogP contribution in [-0.2, 0) is 0 Å². The Morgan fingerprint density at radius 2 is 1.78 bits per heavy atom. The Balaban J connectivity index is 0. The van der Waals surface area contributed by atoms with Crippen molar-refractivity contribution in [3.63, 3.8) is 0 Å². The number of hydrogen-bond acceptors (Lipinski definition) is 2. The molecular weight excluding hydrogens is 339 g/mol. The molecule has 18 heavy (non-hydrogen) atoms. The minimum absolute atomic E-state index is 0. The van der Waals surface area contributed by atoms with Gasteiger partial charge in [0.05, 0.1) is 0 Å². The Bertz CT molecular complexity index is 237. The molecule has 0 unspecified atom stereocenters. The van der Waals surface area contributed by atoms with Gasteiger partial charge in [-0.15, -0.1) is 24.0 Å². The van der Waals surface area contributed by atoms with Crippen LogP contribution >= 0.6 is 24.0 Å². The molecule has 0 fully saturated rings. The first-order valence-electron chi connectivity index (χ1n) is 6.41. The van der Waals surface area contributed by atoms with Crippen LogP contribution in [0.1, 0.15) is 34.1 Å². The van der Waals surface area contributed by atoms with E-state index in [1.807, 2.05) is 7.05 Å². The first-order chi connectivity index (χ1) is 7.79. The van der Waals surface area contributed by atoms with Crippen molar-refractivity contribution >= 4 is 29.9 Å². The molecule has 0 spiro atoms. The molecule has 0 aromatic rings. The van der Waals surface area contributed by atoms with E-state index >= 15 is 0 Å². The van der Waals surface area contributed by atoms with E-state index in [2.05, 4.69) is 62.3 Å². The Morgan fingerprint density at radius 1 is 1.22 bits per heavy atom. The summed E-state index contributed by atoms with van der Waals surface area (Å²) in [6, 6.07) is 0. The maximum Gasteiger partial charge on any atom is 0.191 e. The molecule has 0 saturated carbocycles. The molecule has 0 aromatic heterocycles. The maximum atomic E-state index is 4.22. The van der Waals surface area contributed by atoms with Crippen molar-refractivity contribution in [1.82, 2.24) is 15.5 Å². The van der Waals surface area contributed by atoms with E-state index < -0.39 is 0 Å². The predicted molar refractivity (Wildman–Crippen MR) is 92.0 cm³/mol. The van der Waals surface area contributed by atoms with Gasteiger partial charge in [-0.25, -0.2) is 0 Å². The van der Waals surface area contributed by atoms with Gasteiger partial charge < -0.3 is 15.5 Å². The summed E-state index contributed by atoms with van der Waals surface area (Å²) in [5.74, 6) is 1.61. The summed E-state index contributed by atoms with van der Waals surface area (Å²) in [5.41, 5.74) is 0.121. The predicted octanol–water partition coefficient (Wildman–Crippen LogP) is 2.16. The van der Waals surface area contributed by atoms with Crippen molar-refractivity contribution in [2.24, 2.45) is 10.9 Å². The zero-order valence-electron chi connectivity index (χ0n) is 13.0. The summed E-state index contributed by atoms with van der Waals surface area (Å²) >= 11 is 0. The van der Waals surface area contributed by atoms with Gasteiger partial charge in [0.2, 0.25) is 0 Å². The van der Waals surface area contributed by atoms with E-state index in [1.165, 1.54) is 0 Å². The largest absolute Gasteiger partial charge is 0.356 e. The average molecular weight is 370 g/mol. The molecule has 0 bridgehead atoms. The van der Waals surface area contributed by atoms with E-state index in [4.69, 9.17) is 0 Å². The number of halogens is 1. The molecule has 0 saturated heterocycles. The highest BCUT2D eigenvalue weighted by molar-refractivity contribution is 14.0. The lowest BCUT2D eigenvalue weighted by molar-refractivity contribution is 0.197. The number of aliphatic imine (C=N–C) groups is 1. The van der Waals surface area contributed by atoms with Crippen LogP contribution in [0.5, 0.6) is 0 Å². The first kappa shape index (κ1) is 20.3. The number of nitrogens with zero attached hydrogens (tertiary/aromatic N) is 2. The average Bonchev–Trinajstić information content (AvgIpc) is 2.22. The van der Waals surface area contributed by atoms with E-state index in [0.717, 1.165) is 31.4 Å². The lowest BCUT2D eigenvalue weighted by atomic mass is 10.0. The minimum Gasteiger partial charge on any atom is -0.356 e. The molecule has 110 valence electrons. The second kappa shape index (κ2) is 9.83. The molecule has 0 aromatic carbocycles. The highest BCUT2D eigenvalue weighted by Crippen LogP contribution is 2.07. The quantitative estimate of drug-likeness (QED) is 0.428. The Hall–Kier alpha value is -0.0400. The van der Waals surface area contributed by atoms with Gasteiger partial charge in [0.1, 0.15) is 0 Å². The van der Waals surface area contributed by atoms with Gasteiger partial charge in [0.25, 0.3) is 0 Å². The van der Waals surface area contributed by atoms with E-state index in [1.54, 1.807) is 0 Å². The van der Waals surface area contributed by atoms with Crippen LogP contribution in [0.4, 0.5) is 0 Å². The SMILES string of the molecule is CN=C(NCCC(C)C)NCC(C)(C)N(C)C.I.